The second-order valence-corrected chi connectivity index (χ2v) is 24.4. The van der Waals surface area contributed by atoms with Crippen molar-refractivity contribution in [3.05, 3.63) is 346 Å². The number of H-pyrrole nitrogens is 2. The number of carbonyl (C=O) groups is 2. The van der Waals surface area contributed by atoms with Crippen LogP contribution in [0.4, 0.5) is 20.4 Å². The van der Waals surface area contributed by atoms with Gasteiger partial charge in [-0.2, -0.15) is 20.6 Å². The molecule has 20 heteroatoms. The first-order valence-electron chi connectivity index (χ1n) is 32.1. The third-order valence-corrected chi connectivity index (χ3v) is 17.6. The average molecular weight is 1400 g/mol. The van der Waals surface area contributed by atoms with E-state index in [0.717, 1.165) is 94.2 Å². The van der Waals surface area contributed by atoms with Crippen molar-refractivity contribution in [3.8, 4) is 39.8 Å². The van der Waals surface area contributed by atoms with Crippen molar-refractivity contribution in [2.45, 2.75) is 0 Å². The highest BCUT2D eigenvalue weighted by Gasteiger charge is 2.20. The Balaban J connectivity index is 0.000000110. The number of pyridine rings is 5. The average Bonchev–Trinajstić information content (AvgIpc) is 1.63. The van der Waals surface area contributed by atoms with Crippen LogP contribution in [0.25, 0.3) is 130 Å². The van der Waals surface area contributed by atoms with Gasteiger partial charge in [-0.1, -0.05) is 218 Å². The Morgan fingerprint density at radius 1 is 0.442 bits per heavy atom. The second-order valence-electron chi connectivity index (χ2n) is 23.6. The van der Waals surface area contributed by atoms with E-state index in [0.29, 0.717) is 27.3 Å². The highest BCUT2D eigenvalue weighted by Crippen LogP contribution is 2.34. The number of rotatable bonds is 7. The number of hydrogen-bond acceptors (Lipinski definition) is 11. The molecule has 0 aliphatic carbocycles. The molecule has 496 valence electrons. The molecule has 18 aromatic rings. The Bertz CT molecular complexity index is 6440. The topological polar surface area (TPSA) is 206 Å². The smallest absolute Gasteiger partial charge is 0.270 e. The molecule has 8 heterocycles. The van der Waals surface area contributed by atoms with Crippen molar-refractivity contribution in [2.24, 2.45) is 7.05 Å². The van der Waals surface area contributed by atoms with Crippen LogP contribution in [0, 0.1) is 36.1 Å². The Hall–Kier alpha value is -14.1. The van der Waals surface area contributed by atoms with Crippen LogP contribution in [0.15, 0.2) is 274 Å². The summed E-state index contributed by atoms with van der Waals surface area (Å²) < 4.78 is 29.6. The molecule has 0 saturated heterocycles. The molecule has 104 heavy (non-hydrogen) atoms. The number of aromatic amines is 2. The first-order valence-corrected chi connectivity index (χ1v) is 32.8. The summed E-state index contributed by atoms with van der Waals surface area (Å²) in [6, 6.07) is 78.9. The lowest BCUT2D eigenvalue weighted by Crippen LogP contribution is -2.06. The van der Waals surface area contributed by atoms with Crippen molar-refractivity contribution < 1.29 is 18.4 Å². The van der Waals surface area contributed by atoms with Crippen LogP contribution in [0.2, 0.25) is 10.3 Å². The molecule has 8 aromatic heterocycles. The number of aromatic nitrogens is 11. The molecule has 0 saturated carbocycles. The number of fused-ring (bicyclic) bond motifs is 8. The summed E-state index contributed by atoms with van der Waals surface area (Å²) in [6.45, 7) is 14.0. The highest BCUT2D eigenvalue weighted by atomic mass is 35.5. The van der Waals surface area contributed by atoms with E-state index in [1.54, 1.807) is 55.0 Å². The van der Waals surface area contributed by atoms with Gasteiger partial charge in [-0.25, -0.2) is 23.7 Å². The monoisotopic (exact) mass is 1390 g/mol. The van der Waals surface area contributed by atoms with E-state index in [2.05, 4.69) is 151 Å². The third-order valence-electron chi connectivity index (χ3n) is 17.2. The summed E-state index contributed by atoms with van der Waals surface area (Å²) in [4.78, 5) is 50.8. The number of halogens is 4. The number of hydrogen-bond donors (Lipinski definition) is 2. The second kappa shape index (κ2) is 29.8. The molecule has 0 aliphatic heterocycles. The summed E-state index contributed by atoms with van der Waals surface area (Å²) in [5.74, 6) is -2.13. The fourth-order valence-corrected chi connectivity index (χ4v) is 12.3. The maximum absolute atomic E-state index is 14.0. The van der Waals surface area contributed by atoms with Gasteiger partial charge in [0.2, 0.25) is 0 Å². The molecule has 0 bridgehead atoms. The Morgan fingerprint density at radius 3 is 1.34 bits per heavy atom. The molecular weight excluding hydrogens is 1350 g/mol. The number of carbonyl (C=O) groups excluding carboxylic acids is 2. The van der Waals surface area contributed by atoms with Crippen LogP contribution in [-0.4, -0.2) is 66.7 Å². The standard InChI is InChI=1S/C17H12ClN3.2C17H9FN2O.C17H10N4.C16H10ClN3/c1-21-15-10-19-16(18)9-14(15)17(20-21)13-7-6-11-4-2-3-5-12(11)8-13;1-19-16-9-14(15(18)10-20-16)17(21)13-7-6-11-4-2-3-5-12(11)8-13;18-16-14(7-8-20-15(16)10-19)17(21)13-6-5-11-3-1-2-4-12(11)9-13;1-18-16-9-14-15(10-19-16)20-21-17(14)13-7-6-11-4-2-3-5-12(11)8-13;17-15-8-13-14(9-18-15)19-20-16(13)12-6-5-10-3-1-2-4-11(10)7-12/h2-10H,1H3;2-10H;1-9H;2-10H,(H,20,21);1-9H,(H,19,20). The fourth-order valence-electron chi connectivity index (χ4n) is 12.0. The minimum Gasteiger partial charge on any atom is -0.361 e. The zero-order valence-electron chi connectivity index (χ0n) is 54.7. The van der Waals surface area contributed by atoms with E-state index >= 15 is 0 Å². The van der Waals surface area contributed by atoms with E-state index in [4.69, 9.17) is 41.6 Å². The zero-order valence-corrected chi connectivity index (χ0v) is 56.2. The first kappa shape index (κ1) is 67.1. The number of aryl methyl sites for hydroxylation is 1. The maximum atomic E-state index is 14.0. The van der Waals surface area contributed by atoms with E-state index in [1.165, 1.54) is 50.6 Å². The molecule has 0 aliphatic rings. The largest absolute Gasteiger partial charge is 0.361 e. The Labute approximate surface area is 601 Å². The van der Waals surface area contributed by atoms with Gasteiger partial charge in [0, 0.05) is 57.2 Å². The van der Waals surface area contributed by atoms with Crippen molar-refractivity contribution in [3.63, 3.8) is 0 Å². The van der Waals surface area contributed by atoms with Crippen molar-refractivity contribution >= 4 is 133 Å². The van der Waals surface area contributed by atoms with E-state index < -0.39 is 23.2 Å². The molecule has 10 aromatic carbocycles. The van der Waals surface area contributed by atoms with Crippen LogP contribution >= 0.6 is 23.2 Å². The minimum absolute atomic E-state index is 0.000499. The molecular formula is C84H50Cl2F2N14O2. The van der Waals surface area contributed by atoms with Gasteiger partial charge < -0.3 is 9.69 Å². The van der Waals surface area contributed by atoms with Crippen molar-refractivity contribution in [2.75, 3.05) is 0 Å². The van der Waals surface area contributed by atoms with Crippen LogP contribution in [0.3, 0.4) is 0 Å². The van der Waals surface area contributed by atoms with E-state index in [1.807, 2.05) is 121 Å². The molecule has 2 N–H and O–H groups in total. The van der Waals surface area contributed by atoms with Crippen LogP contribution < -0.4 is 0 Å². The first-order chi connectivity index (χ1) is 50.8. The van der Waals surface area contributed by atoms with E-state index in [9.17, 15) is 18.4 Å². The maximum Gasteiger partial charge on any atom is 0.270 e. The molecule has 18 rings (SSSR count). The Morgan fingerprint density at radius 2 is 0.846 bits per heavy atom. The molecule has 0 atom stereocenters. The van der Waals surface area contributed by atoms with Gasteiger partial charge in [0.15, 0.2) is 35.1 Å². The number of ketones is 2. The zero-order chi connectivity index (χ0) is 71.8. The van der Waals surface area contributed by atoms with Gasteiger partial charge in [0.25, 0.3) is 11.6 Å². The fraction of sp³-hybridized carbons (Fsp3) is 0.0119. The summed E-state index contributed by atoms with van der Waals surface area (Å²) in [7, 11) is 1.92. The predicted molar refractivity (Wildman–Crippen MR) is 406 cm³/mol. The Kier molecular flexibility index (Phi) is 19.2. The summed E-state index contributed by atoms with van der Waals surface area (Å²) in [5.41, 5.74) is 8.68. The SMILES string of the molecule is Clc1cc2c(-c3ccc4ccccc4c3)n[nH]c2cn1.Cn1nc(-c2ccc3ccccc3c2)c2cc(Cl)ncc21.N#Cc1nccc(C(=O)c2ccc3ccccc3c2)c1F.[C-]#[N+]c1cc(C(=O)c2ccc3ccccc3c2)c(F)cn1.[C-]#[N+]c1cc2c(-c3ccc4ccccc4c3)n[nH]c2cn1. The minimum atomic E-state index is -0.877. The lowest BCUT2D eigenvalue weighted by atomic mass is 10.00. The molecule has 16 nitrogen and oxygen atoms in total. The quantitative estimate of drug-likeness (QED) is 0.0872. The summed E-state index contributed by atoms with van der Waals surface area (Å²) in [6.07, 6.45) is 7.28. The van der Waals surface area contributed by atoms with Crippen molar-refractivity contribution in [1.82, 2.24) is 55.1 Å². The van der Waals surface area contributed by atoms with Gasteiger partial charge in [-0.3, -0.25) is 24.5 Å². The van der Waals surface area contributed by atoms with E-state index in [-0.39, 0.29) is 22.6 Å². The number of nitriles is 1. The lowest BCUT2D eigenvalue weighted by Gasteiger charge is -2.05. The summed E-state index contributed by atoms with van der Waals surface area (Å²) in [5, 5.41) is 43.0. The number of benzene rings is 10. The van der Waals surface area contributed by atoms with Crippen LogP contribution in [-0.2, 0) is 7.05 Å². The van der Waals surface area contributed by atoms with Crippen LogP contribution in [0.1, 0.15) is 37.5 Å². The highest BCUT2D eigenvalue weighted by molar-refractivity contribution is 6.30. The molecule has 0 radical (unpaired) electrons. The van der Waals surface area contributed by atoms with Gasteiger partial charge >= 0.3 is 0 Å². The number of nitrogens with one attached hydrogen (secondary N) is 2. The van der Waals surface area contributed by atoms with Gasteiger partial charge in [0.05, 0.1) is 40.2 Å². The number of nitrogens with zero attached hydrogens (tertiary/aromatic N) is 12. The molecule has 0 fully saturated rings. The van der Waals surface area contributed by atoms with Gasteiger partial charge in [0.1, 0.15) is 39.5 Å². The normalized spacial score (nSPS) is 10.8. The van der Waals surface area contributed by atoms with Gasteiger partial charge in [-0.05, 0) is 115 Å². The van der Waals surface area contributed by atoms with Crippen LogP contribution in [0.5, 0.6) is 0 Å². The van der Waals surface area contributed by atoms with Crippen molar-refractivity contribution in [1.29, 1.82) is 5.26 Å². The predicted octanol–water partition coefficient (Wildman–Crippen LogP) is 20.8. The summed E-state index contributed by atoms with van der Waals surface area (Å²) >= 11 is 12.0. The van der Waals surface area contributed by atoms with Gasteiger partial charge in [-0.15, -0.1) is 9.97 Å². The molecule has 0 unspecified atom stereocenters. The lowest BCUT2D eigenvalue weighted by molar-refractivity contribution is 0.102. The third kappa shape index (κ3) is 14.2. The molecule has 0 amide bonds. The molecule has 0 spiro atoms.